The number of carbonyl (C=O) groups is 1. The first-order valence-corrected chi connectivity index (χ1v) is 6.04. The van der Waals surface area contributed by atoms with Crippen molar-refractivity contribution < 1.29 is 4.79 Å². The minimum atomic E-state index is -0.176. The Morgan fingerprint density at radius 3 is 2.94 bits per heavy atom. The Bertz CT molecular complexity index is 397. The SMILES string of the molecule is O=C(NC1CCCC1Cl)c1ccncc1Cl. The Hall–Kier alpha value is -0.800. The van der Waals surface area contributed by atoms with Gasteiger partial charge in [0.05, 0.1) is 16.0 Å². The average molecular weight is 259 g/mol. The van der Waals surface area contributed by atoms with E-state index < -0.39 is 0 Å². The maximum Gasteiger partial charge on any atom is 0.253 e. The van der Waals surface area contributed by atoms with Gasteiger partial charge in [-0.2, -0.15) is 0 Å². The molecule has 2 unspecified atom stereocenters. The molecule has 1 heterocycles. The van der Waals surface area contributed by atoms with E-state index in [4.69, 9.17) is 23.2 Å². The van der Waals surface area contributed by atoms with E-state index in [1.807, 2.05) is 0 Å². The summed E-state index contributed by atoms with van der Waals surface area (Å²) in [4.78, 5) is 15.7. The molecule has 0 saturated heterocycles. The highest BCUT2D eigenvalue weighted by Crippen LogP contribution is 2.24. The fourth-order valence-electron chi connectivity index (χ4n) is 1.88. The number of hydrogen-bond acceptors (Lipinski definition) is 2. The van der Waals surface area contributed by atoms with E-state index in [0.29, 0.717) is 10.6 Å². The van der Waals surface area contributed by atoms with Gasteiger partial charge in [-0.1, -0.05) is 11.6 Å². The highest BCUT2D eigenvalue weighted by molar-refractivity contribution is 6.33. The van der Waals surface area contributed by atoms with Crippen LogP contribution in [0.15, 0.2) is 18.5 Å². The van der Waals surface area contributed by atoms with Crippen LogP contribution in [0, 0.1) is 0 Å². The van der Waals surface area contributed by atoms with Crippen molar-refractivity contribution in [3.8, 4) is 0 Å². The molecule has 1 N–H and O–H groups in total. The second kappa shape index (κ2) is 5.02. The van der Waals surface area contributed by atoms with E-state index in [9.17, 15) is 4.79 Å². The third kappa shape index (κ3) is 2.47. The highest BCUT2D eigenvalue weighted by Gasteiger charge is 2.27. The van der Waals surface area contributed by atoms with E-state index >= 15 is 0 Å². The van der Waals surface area contributed by atoms with Crippen molar-refractivity contribution >= 4 is 29.1 Å². The Kier molecular flexibility index (Phi) is 3.66. The smallest absolute Gasteiger partial charge is 0.253 e. The lowest BCUT2D eigenvalue weighted by atomic mass is 10.2. The Labute approximate surface area is 104 Å². The number of pyridine rings is 1. The number of carbonyl (C=O) groups excluding carboxylic acids is 1. The van der Waals surface area contributed by atoms with E-state index in [0.717, 1.165) is 19.3 Å². The number of rotatable bonds is 2. The lowest BCUT2D eigenvalue weighted by molar-refractivity contribution is 0.0938. The zero-order valence-electron chi connectivity index (χ0n) is 8.62. The van der Waals surface area contributed by atoms with Crippen molar-refractivity contribution in [3.63, 3.8) is 0 Å². The van der Waals surface area contributed by atoms with Gasteiger partial charge in [-0.3, -0.25) is 9.78 Å². The molecule has 1 aromatic heterocycles. The second-order valence-corrected chi connectivity index (χ2v) is 4.85. The van der Waals surface area contributed by atoms with Gasteiger partial charge in [0.1, 0.15) is 0 Å². The van der Waals surface area contributed by atoms with E-state index in [1.165, 1.54) is 6.20 Å². The van der Waals surface area contributed by atoms with Crippen LogP contribution in [-0.2, 0) is 0 Å². The lowest BCUT2D eigenvalue weighted by Crippen LogP contribution is -2.37. The zero-order chi connectivity index (χ0) is 11.5. The second-order valence-electron chi connectivity index (χ2n) is 3.88. The molecule has 0 radical (unpaired) electrons. The van der Waals surface area contributed by atoms with Crippen LogP contribution in [0.3, 0.4) is 0 Å². The lowest BCUT2D eigenvalue weighted by Gasteiger charge is -2.16. The summed E-state index contributed by atoms with van der Waals surface area (Å²) in [6, 6.07) is 1.66. The molecule has 86 valence electrons. The quantitative estimate of drug-likeness (QED) is 0.829. The molecule has 0 aliphatic heterocycles. The van der Waals surface area contributed by atoms with Crippen LogP contribution in [0.5, 0.6) is 0 Å². The molecule has 1 fully saturated rings. The van der Waals surface area contributed by atoms with Crippen LogP contribution >= 0.6 is 23.2 Å². The summed E-state index contributed by atoms with van der Waals surface area (Å²) in [5.41, 5.74) is 0.451. The highest BCUT2D eigenvalue weighted by atomic mass is 35.5. The molecule has 1 aromatic rings. The molecule has 1 saturated carbocycles. The maximum atomic E-state index is 11.9. The van der Waals surface area contributed by atoms with Gasteiger partial charge in [0.25, 0.3) is 5.91 Å². The number of nitrogens with one attached hydrogen (secondary N) is 1. The third-order valence-electron chi connectivity index (χ3n) is 2.77. The standard InChI is InChI=1S/C11H12Cl2N2O/c12-8-2-1-3-10(8)15-11(16)7-4-5-14-6-9(7)13/h4-6,8,10H,1-3H2,(H,15,16). The topological polar surface area (TPSA) is 42.0 Å². The Morgan fingerprint density at radius 2 is 2.31 bits per heavy atom. The van der Waals surface area contributed by atoms with Gasteiger partial charge < -0.3 is 5.32 Å². The minimum absolute atomic E-state index is 0.0320. The van der Waals surface area contributed by atoms with E-state index in [-0.39, 0.29) is 17.3 Å². The summed E-state index contributed by atoms with van der Waals surface area (Å²) >= 11 is 12.0. The summed E-state index contributed by atoms with van der Waals surface area (Å²) in [7, 11) is 0. The normalized spacial score (nSPS) is 24.4. The molecule has 0 aromatic carbocycles. The van der Waals surface area contributed by atoms with Crippen molar-refractivity contribution in [3.05, 3.63) is 29.0 Å². The largest absolute Gasteiger partial charge is 0.348 e. The van der Waals surface area contributed by atoms with Gasteiger partial charge in [0, 0.05) is 18.4 Å². The monoisotopic (exact) mass is 258 g/mol. The molecule has 1 aliphatic rings. The van der Waals surface area contributed by atoms with Gasteiger partial charge in [0.15, 0.2) is 0 Å². The molecule has 0 spiro atoms. The minimum Gasteiger partial charge on any atom is -0.348 e. The van der Waals surface area contributed by atoms with Crippen LogP contribution < -0.4 is 5.32 Å². The molecule has 1 amide bonds. The predicted molar refractivity (Wildman–Crippen MR) is 64.0 cm³/mol. The number of halogens is 2. The molecule has 0 bridgehead atoms. The van der Waals surface area contributed by atoms with Gasteiger partial charge in [0.2, 0.25) is 0 Å². The summed E-state index contributed by atoms with van der Waals surface area (Å²) in [5, 5.41) is 3.30. The van der Waals surface area contributed by atoms with Crippen molar-refractivity contribution in [2.75, 3.05) is 0 Å². The molecular formula is C11H12Cl2N2O. The predicted octanol–water partition coefficient (Wildman–Crippen LogP) is 2.62. The fourth-order valence-corrected chi connectivity index (χ4v) is 2.43. The maximum absolute atomic E-state index is 11.9. The fraction of sp³-hybridized carbons (Fsp3) is 0.455. The molecule has 16 heavy (non-hydrogen) atoms. The van der Waals surface area contributed by atoms with Crippen LogP contribution in [0.25, 0.3) is 0 Å². The number of nitrogens with zero attached hydrogens (tertiary/aromatic N) is 1. The number of alkyl halides is 1. The van der Waals surface area contributed by atoms with Gasteiger partial charge >= 0.3 is 0 Å². The average Bonchev–Trinajstić information content (AvgIpc) is 2.65. The van der Waals surface area contributed by atoms with Crippen molar-refractivity contribution in [2.24, 2.45) is 0 Å². The number of aromatic nitrogens is 1. The Balaban J connectivity index is 2.06. The van der Waals surface area contributed by atoms with Crippen molar-refractivity contribution in [1.82, 2.24) is 10.3 Å². The number of hydrogen-bond donors (Lipinski definition) is 1. The van der Waals surface area contributed by atoms with Crippen LogP contribution in [-0.4, -0.2) is 22.3 Å². The molecule has 3 nitrogen and oxygen atoms in total. The van der Waals surface area contributed by atoms with Crippen molar-refractivity contribution in [1.29, 1.82) is 0 Å². The van der Waals surface area contributed by atoms with E-state index in [1.54, 1.807) is 12.3 Å². The van der Waals surface area contributed by atoms with E-state index in [2.05, 4.69) is 10.3 Å². The first-order valence-electron chi connectivity index (χ1n) is 5.23. The summed E-state index contributed by atoms with van der Waals surface area (Å²) < 4.78 is 0. The zero-order valence-corrected chi connectivity index (χ0v) is 10.1. The Morgan fingerprint density at radius 1 is 1.50 bits per heavy atom. The van der Waals surface area contributed by atoms with Crippen LogP contribution in [0.1, 0.15) is 29.6 Å². The van der Waals surface area contributed by atoms with Crippen LogP contribution in [0.4, 0.5) is 0 Å². The molecule has 5 heteroatoms. The van der Waals surface area contributed by atoms with Gasteiger partial charge in [-0.05, 0) is 25.3 Å². The summed E-state index contributed by atoms with van der Waals surface area (Å²) in [6.45, 7) is 0. The molecule has 1 aliphatic carbocycles. The first kappa shape index (κ1) is 11.7. The van der Waals surface area contributed by atoms with Gasteiger partial charge in [-0.25, -0.2) is 0 Å². The third-order valence-corrected chi connectivity index (χ3v) is 3.59. The summed E-state index contributed by atoms with van der Waals surface area (Å²) in [5.74, 6) is -0.176. The number of amides is 1. The molecule has 2 rings (SSSR count). The summed E-state index contributed by atoms with van der Waals surface area (Å²) in [6.07, 6.45) is 5.96. The van der Waals surface area contributed by atoms with Crippen molar-refractivity contribution in [2.45, 2.75) is 30.7 Å². The molecular weight excluding hydrogens is 247 g/mol. The van der Waals surface area contributed by atoms with Gasteiger partial charge in [-0.15, -0.1) is 11.6 Å². The van der Waals surface area contributed by atoms with Crippen LogP contribution in [0.2, 0.25) is 5.02 Å². The molecule has 2 atom stereocenters. The first-order chi connectivity index (χ1) is 7.68.